The van der Waals surface area contributed by atoms with E-state index in [0.29, 0.717) is 55.5 Å². The molecule has 1 amide bonds. The minimum atomic E-state index is -0.614. The number of carbonyl (C=O) groups is 1. The van der Waals surface area contributed by atoms with Gasteiger partial charge in [0.25, 0.3) is 11.5 Å². The third kappa shape index (κ3) is 5.78. The van der Waals surface area contributed by atoms with Crippen LogP contribution in [-0.2, 0) is 0 Å². The summed E-state index contributed by atoms with van der Waals surface area (Å²) in [4.78, 5) is 34.6. The van der Waals surface area contributed by atoms with Gasteiger partial charge in [-0.2, -0.15) is 0 Å². The van der Waals surface area contributed by atoms with Crippen LogP contribution in [0, 0.1) is 0 Å². The number of hydrogen-bond donors (Lipinski definition) is 0. The molecule has 4 aromatic rings. The third-order valence-corrected chi connectivity index (χ3v) is 7.85. The van der Waals surface area contributed by atoms with E-state index >= 15 is 0 Å². The maximum atomic E-state index is 14.1. The predicted molar refractivity (Wildman–Crippen MR) is 159 cm³/mol. The highest BCUT2D eigenvalue weighted by Gasteiger charge is 2.29. The van der Waals surface area contributed by atoms with Crippen LogP contribution in [0.2, 0.25) is 10.0 Å². The highest BCUT2D eigenvalue weighted by molar-refractivity contribution is 9.10. The first-order chi connectivity index (χ1) is 18.7. The number of unbranched alkanes of at least 4 members (excludes halogenated alkanes) is 1. The first-order valence-corrected chi connectivity index (χ1v) is 14.0. The molecule has 0 aliphatic heterocycles. The zero-order valence-electron chi connectivity index (χ0n) is 22.0. The van der Waals surface area contributed by atoms with E-state index in [4.69, 9.17) is 37.7 Å². The lowest BCUT2D eigenvalue weighted by Gasteiger charge is -2.31. The van der Waals surface area contributed by atoms with E-state index in [0.717, 1.165) is 12.8 Å². The molecular weight excluding hydrogens is 605 g/mol. The first-order valence-electron chi connectivity index (χ1n) is 12.4. The minimum Gasteiger partial charge on any atom is -0.497 e. The Kier molecular flexibility index (Phi) is 9.20. The zero-order valence-corrected chi connectivity index (χ0v) is 25.1. The fourth-order valence-electron chi connectivity index (χ4n) is 4.41. The van der Waals surface area contributed by atoms with Gasteiger partial charge in [-0.15, -0.1) is 0 Å². The number of nitrogens with zero attached hydrogens (tertiary/aromatic N) is 3. The van der Waals surface area contributed by atoms with Crippen LogP contribution in [0.5, 0.6) is 11.5 Å². The lowest BCUT2D eigenvalue weighted by atomic mass is 10.1. The molecule has 0 saturated carbocycles. The maximum Gasteiger partial charge on any atom is 0.266 e. The van der Waals surface area contributed by atoms with Crippen LogP contribution in [-0.4, -0.2) is 41.1 Å². The lowest BCUT2D eigenvalue weighted by molar-refractivity contribution is 0.0678. The van der Waals surface area contributed by atoms with E-state index in [1.54, 1.807) is 60.5 Å². The van der Waals surface area contributed by atoms with Gasteiger partial charge in [0.1, 0.15) is 17.3 Å². The second kappa shape index (κ2) is 12.4. The molecule has 1 unspecified atom stereocenters. The summed E-state index contributed by atoms with van der Waals surface area (Å²) in [6.45, 7) is 4.34. The van der Waals surface area contributed by atoms with Crippen molar-refractivity contribution in [2.24, 2.45) is 0 Å². The van der Waals surface area contributed by atoms with E-state index < -0.39 is 6.04 Å². The van der Waals surface area contributed by atoms with Gasteiger partial charge in [0.15, 0.2) is 0 Å². The van der Waals surface area contributed by atoms with Gasteiger partial charge in [0, 0.05) is 23.7 Å². The van der Waals surface area contributed by atoms with Gasteiger partial charge in [-0.05, 0) is 59.6 Å². The summed E-state index contributed by atoms with van der Waals surface area (Å²) in [5.74, 6) is 1.07. The fraction of sp³-hybridized carbons (Fsp3) is 0.276. The largest absolute Gasteiger partial charge is 0.497 e. The maximum absolute atomic E-state index is 14.1. The molecule has 0 saturated heterocycles. The number of halogens is 3. The average Bonchev–Trinajstić information content (AvgIpc) is 2.93. The van der Waals surface area contributed by atoms with Crippen molar-refractivity contribution in [1.82, 2.24) is 14.5 Å². The van der Waals surface area contributed by atoms with Crippen molar-refractivity contribution in [2.75, 3.05) is 20.8 Å². The highest BCUT2D eigenvalue weighted by atomic mass is 79.9. The number of benzene rings is 3. The average molecular weight is 633 g/mol. The third-order valence-electron chi connectivity index (χ3n) is 6.51. The molecular formula is C29H28BrCl2N3O4. The van der Waals surface area contributed by atoms with Gasteiger partial charge in [-0.3, -0.25) is 14.2 Å². The number of rotatable bonds is 9. The summed E-state index contributed by atoms with van der Waals surface area (Å²) >= 11 is 16.1. The Balaban J connectivity index is 1.99. The van der Waals surface area contributed by atoms with Crippen molar-refractivity contribution in [3.05, 3.63) is 90.9 Å². The molecule has 1 atom stereocenters. The number of amides is 1. The quantitative estimate of drug-likeness (QED) is 0.191. The first kappa shape index (κ1) is 28.9. The minimum absolute atomic E-state index is 0.255. The van der Waals surface area contributed by atoms with E-state index in [1.165, 1.54) is 11.7 Å². The molecule has 10 heteroatoms. The molecule has 0 spiro atoms. The van der Waals surface area contributed by atoms with Crippen LogP contribution in [0.25, 0.3) is 16.6 Å². The monoisotopic (exact) mass is 631 g/mol. The molecule has 1 heterocycles. The molecule has 0 aliphatic rings. The van der Waals surface area contributed by atoms with Gasteiger partial charge in [0.2, 0.25) is 0 Å². The van der Waals surface area contributed by atoms with Gasteiger partial charge >= 0.3 is 0 Å². The van der Waals surface area contributed by atoms with Crippen LogP contribution in [0.4, 0.5) is 0 Å². The molecule has 4 rings (SSSR count). The van der Waals surface area contributed by atoms with E-state index in [2.05, 4.69) is 15.9 Å². The van der Waals surface area contributed by atoms with E-state index in [-0.39, 0.29) is 16.5 Å². The molecule has 0 bridgehead atoms. The molecule has 0 aliphatic carbocycles. The van der Waals surface area contributed by atoms with Crippen LogP contribution in [0.1, 0.15) is 48.9 Å². The number of carbonyl (C=O) groups excluding carboxylic acids is 1. The molecule has 7 nitrogen and oxygen atoms in total. The van der Waals surface area contributed by atoms with Crippen molar-refractivity contribution >= 4 is 55.9 Å². The Morgan fingerprint density at radius 3 is 2.51 bits per heavy atom. The topological polar surface area (TPSA) is 73.7 Å². The summed E-state index contributed by atoms with van der Waals surface area (Å²) in [5.41, 5.74) is 1.04. The second-order valence-corrected chi connectivity index (χ2v) is 10.6. The molecule has 3 aromatic carbocycles. The Bertz CT molecular complexity index is 1590. The molecule has 0 fully saturated rings. The van der Waals surface area contributed by atoms with Gasteiger partial charge in [0.05, 0.1) is 51.9 Å². The smallest absolute Gasteiger partial charge is 0.266 e. The van der Waals surface area contributed by atoms with Crippen molar-refractivity contribution in [2.45, 2.75) is 32.7 Å². The van der Waals surface area contributed by atoms with Crippen molar-refractivity contribution in [1.29, 1.82) is 0 Å². The van der Waals surface area contributed by atoms with Crippen LogP contribution >= 0.6 is 39.1 Å². The van der Waals surface area contributed by atoms with Gasteiger partial charge < -0.3 is 14.4 Å². The number of fused-ring (bicyclic) bond motifs is 1. The number of hydrogen-bond acceptors (Lipinski definition) is 5. The Morgan fingerprint density at radius 1 is 1.10 bits per heavy atom. The number of methoxy groups -OCH3 is 2. The predicted octanol–water partition coefficient (Wildman–Crippen LogP) is 7.48. The second-order valence-electron chi connectivity index (χ2n) is 8.94. The Labute approximate surface area is 245 Å². The van der Waals surface area contributed by atoms with Crippen molar-refractivity contribution in [3.8, 4) is 17.2 Å². The van der Waals surface area contributed by atoms with Crippen LogP contribution in [0.3, 0.4) is 0 Å². The summed E-state index contributed by atoms with van der Waals surface area (Å²) in [7, 11) is 3.08. The standard InChI is InChI=1S/C29H28BrCl2N3O4/c1-5-6-13-34(28(36)20-12-11-18(31)14-22(20)32)17(2)27-33-23-10-8-7-9-21(23)29(37)35(27)24-15-19(38-3)16-25(39-4)26(24)30/h7-12,14-17H,5-6,13H2,1-4H3. The Morgan fingerprint density at radius 2 is 1.85 bits per heavy atom. The lowest BCUT2D eigenvalue weighted by Crippen LogP contribution is -2.38. The van der Waals surface area contributed by atoms with Crippen LogP contribution < -0.4 is 15.0 Å². The number of aromatic nitrogens is 2. The fourth-order valence-corrected chi connectivity index (χ4v) is 5.46. The molecule has 0 radical (unpaired) electrons. The molecule has 204 valence electrons. The van der Waals surface area contributed by atoms with Gasteiger partial charge in [-0.1, -0.05) is 48.7 Å². The summed E-state index contributed by atoms with van der Waals surface area (Å²) in [6, 6.07) is 14.8. The summed E-state index contributed by atoms with van der Waals surface area (Å²) < 4.78 is 13.1. The van der Waals surface area contributed by atoms with E-state index in [9.17, 15) is 9.59 Å². The molecule has 0 N–H and O–H groups in total. The number of ether oxygens (including phenoxy) is 2. The zero-order chi connectivity index (χ0) is 28.3. The van der Waals surface area contributed by atoms with Crippen LogP contribution in [0.15, 0.2) is 63.9 Å². The SMILES string of the molecule is CCCCN(C(=O)c1ccc(Cl)cc1Cl)C(C)c1nc2ccccc2c(=O)n1-c1cc(OC)cc(OC)c1Br. The number of para-hydroxylation sites is 1. The highest BCUT2D eigenvalue weighted by Crippen LogP contribution is 2.37. The van der Waals surface area contributed by atoms with Crippen molar-refractivity contribution in [3.63, 3.8) is 0 Å². The summed E-state index contributed by atoms with van der Waals surface area (Å²) in [6.07, 6.45) is 1.61. The molecule has 39 heavy (non-hydrogen) atoms. The molecule has 1 aromatic heterocycles. The van der Waals surface area contributed by atoms with Crippen molar-refractivity contribution < 1.29 is 14.3 Å². The Hall–Kier alpha value is -3.07. The summed E-state index contributed by atoms with van der Waals surface area (Å²) in [5, 5.41) is 1.13. The normalized spacial score (nSPS) is 11.9. The van der Waals surface area contributed by atoms with E-state index in [1.807, 2.05) is 19.9 Å². The van der Waals surface area contributed by atoms with Gasteiger partial charge in [-0.25, -0.2) is 4.98 Å².